The minimum Gasteiger partial charge on any atom is -0.412 e. The summed E-state index contributed by atoms with van der Waals surface area (Å²) in [4.78, 5) is 0. The molecule has 0 bridgehead atoms. The fourth-order valence-corrected chi connectivity index (χ4v) is 0.846. The molecule has 0 spiro atoms. The Bertz CT molecular complexity index is 167. The normalized spacial score (nSPS) is 9.75. The van der Waals surface area contributed by atoms with Crippen LogP contribution in [-0.4, -0.2) is 39.5 Å². The van der Waals surface area contributed by atoms with E-state index in [0.717, 1.165) is 12.8 Å². The van der Waals surface area contributed by atoms with Gasteiger partial charge in [0.2, 0.25) is 0 Å². The topological polar surface area (TPSA) is 106 Å². The highest BCUT2D eigenvalue weighted by molar-refractivity contribution is 7.87. The summed E-state index contributed by atoms with van der Waals surface area (Å²) in [5.41, 5.74) is -0.434. The van der Waals surface area contributed by atoms with Crippen LogP contribution in [0.15, 0.2) is 0 Å². The molecule has 0 aromatic carbocycles. The lowest BCUT2D eigenvalue weighted by molar-refractivity contribution is 0.313. The molecule has 0 aliphatic rings. The molecule has 0 amide bonds. The summed E-state index contributed by atoms with van der Waals surface area (Å²) in [6, 6.07) is 0. The fraction of sp³-hybridized carbons (Fsp3) is 1.00. The molecule has 0 aromatic heterocycles. The predicted molar refractivity (Wildman–Crippen MR) is 47.6 cm³/mol. The first-order chi connectivity index (χ1) is 4.62. The van der Waals surface area contributed by atoms with E-state index in [0.29, 0.717) is 0 Å². The van der Waals surface area contributed by atoms with Gasteiger partial charge < -0.3 is 11.0 Å². The first-order valence-corrected chi connectivity index (χ1v) is 4.77. The zero-order valence-electron chi connectivity index (χ0n) is 7.04. The van der Waals surface area contributed by atoms with Crippen molar-refractivity contribution >= 4 is 18.0 Å². The Morgan fingerprint density at radius 1 is 1.33 bits per heavy atom. The lowest BCUT2D eigenvalue weighted by Gasteiger charge is -2.00. The number of unbranched alkanes of at least 4 members (excludes halogenated alkanes) is 1. The monoisotopic (exact) mass is 198 g/mol. The number of rotatable bonds is 5. The third-order valence-corrected chi connectivity index (χ3v) is 1.90. The quantitative estimate of drug-likeness (QED) is 0.308. The Balaban J connectivity index is -0.000000405. The second-order valence-corrected chi connectivity index (χ2v) is 3.58. The van der Waals surface area contributed by atoms with Crippen molar-refractivity contribution < 1.29 is 23.6 Å². The maximum Gasteiger partial charge on any atom is 0.258 e. The lowest BCUT2D eigenvalue weighted by Crippen LogP contribution is -2.10. The molecule has 0 saturated carbocycles. The summed E-state index contributed by atoms with van der Waals surface area (Å²) in [5, 5.41) is 0. The highest BCUT2D eigenvalue weighted by Gasteiger charge is 2.04. The minimum atomic E-state index is -3.41. The zero-order chi connectivity index (χ0) is 8.04. The van der Waals surface area contributed by atoms with Gasteiger partial charge in [0.05, 0.1) is 14.5 Å². The molecule has 0 unspecified atom stereocenters. The predicted octanol–water partition coefficient (Wildman–Crippen LogP) is -1.39. The molecule has 2 radical (unpaired) electrons. The van der Waals surface area contributed by atoms with Crippen molar-refractivity contribution in [3.63, 3.8) is 0 Å². The van der Waals surface area contributed by atoms with E-state index < -0.39 is 15.8 Å². The average molecular weight is 198 g/mol. The van der Waals surface area contributed by atoms with Crippen molar-refractivity contribution in [1.82, 2.24) is 0 Å². The molecule has 0 rings (SSSR count). The first-order valence-electron chi connectivity index (χ1n) is 3.19. The van der Waals surface area contributed by atoms with Gasteiger partial charge in [-0.2, -0.15) is 0 Å². The van der Waals surface area contributed by atoms with Gasteiger partial charge in [0.25, 0.3) is 10.1 Å². The second-order valence-electron chi connectivity index (χ2n) is 1.90. The van der Waals surface area contributed by atoms with E-state index in [1.54, 1.807) is 0 Å². The largest absolute Gasteiger partial charge is 0.412 e. The van der Waals surface area contributed by atoms with E-state index in [9.17, 15) is 8.42 Å². The van der Waals surface area contributed by atoms with Gasteiger partial charge in [-0.1, -0.05) is 13.3 Å². The third-order valence-electron chi connectivity index (χ3n) is 0.965. The summed E-state index contributed by atoms with van der Waals surface area (Å²) < 4.78 is 25.5. The summed E-state index contributed by atoms with van der Waals surface area (Å²) in [7, 11) is 1.46. The maximum atomic E-state index is 10.5. The molecule has 0 atom stereocenters. The van der Waals surface area contributed by atoms with Crippen molar-refractivity contribution in [3.8, 4) is 0 Å². The molecule has 0 aliphatic carbocycles. The van der Waals surface area contributed by atoms with Crippen LogP contribution in [0.1, 0.15) is 19.8 Å². The van der Waals surface area contributed by atoms with Gasteiger partial charge in [0.15, 0.2) is 0 Å². The van der Waals surface area contributed by atoms with Crippen molar-refractivity contribution in [3.05, 3.63) is 0 Å². The van der Waals surface area contributed by atoms with Gasteiger partial charge in [0.1, 0.15) is 0 Å². The zero-order valence-corrected chi connectivity index (χ0v) is 7.86. The van der Waals surface area contributed by atoms with E-state index in [4.69, 9.17) is 7.85 Å². The molecule has 0 fully saturated rings. The average Bonchev–Trinajstić information content (AvgIpc) is 1.89. The molecule has 0 heterocycles. The third kappa shape index (κ3) is 9.89. The summed E-state index contributed by atoms with van der Waals surface area (Å²) in [5.74, 6) is 0. The Morgan fingerprint density at radius 2 is 1.83 bits per heavy atom. The van der Waals surface area contributed by atoms with Gasteiger partial charge in [-0.25, -0.2) is 8.42 Å². The van der Waals surface area contributed by atoms with E-state index in [1.807, 2.05) is 6.92 Å². The van der Waals surface area contributed by atoms with Crippen LogP contribution in [0.2, 0.25) is 0 Å². The van der Waals surface area contributed by atoms with Crippen LogP contribution in [-0.2, 0) is 14.3 Å². The van der Waals surface area contributed by atoms with E-state index in [-0.39, 0.29) is 17.6 Å². The number of hydrogen-bond donors (Lipinski definition) is 0. The second kappa shape index (κ2) is 8.99. The SMILES string of the molecule is O.O.[B]CS(=O)(=O)OCCCC. The van der Waals surface area contributed by atoms with Gasteiger partial charge in [0, 0.05) is 5.65 Å². The van der Waals surface area contributed by atoms with Crippen LogP contribution in [0.25, 0.3) is 0 Å². The van der Waals surface area contributed by atoms with Crippen LogP contribution < -0.4 is 0 Å². The molecule has 0 aromatic rings. The summed E-state index contributed by atoms with van der Waals surface area (Å²) in [6.45, 7) is 2.20. The molecule has 0 aliphatic heterocycles. The van der Waals surface area contributed by atoms with E-state index >= 15 is 0 Å². The number of hydrogen-bond acceptors (Lipinski definition) is 3. The highest BCUT2D eigenvalue weighted by atomic mass is 32.2. The molecule has 12 heavy (non-hydrogen) atoms. The molecule has 4 N–H and O–H groups in total. The van der Waals surface area contributed by atoms with E-state index in [1.165, 1.54) is 0 Å². The first kappa shape index (κ1) is 17.8. The van der Waals surface area contributed by atoms with Crippen molar-refractivity contribution in [1.29, 1.82) is 0 Å². The van der Waals surface area contributed by atoms with Crippen LogP contribution in [0.4, 0.5) is 0 Å². The van der Waals surface area contributed by atoms with Gasteiger partial charge in [-0.3, -0.25) is 4.18 Å². The summed E-state index contributed by atoms with van der Waals surface area (Å²) >= 11 is 0. The molecule has 74 valence electrons. The fourth-order valence-electron chi connectivity index (χ4n) is 0.378. The smallest absolute Gasteiger partial charge is 0.258 e. The molecular formula is C5H15BO5S. The molecule has 7 heteroatoms. The standard InChI is InChI=1S/C5H11BO3S.2H2O/c1-2-3-4-9-10(7,8)5-6;;/h2-5H2,1H3;2*1H2. The van der Waals surface area contributed by atoms with Crippen molar-refractivity contribution in [2.24, 2.45) is 0 Å². The Morgan fingerprint density at radius 3 is 2.17 bits per heavy atom. The Hall–Kier alpha value is -0.105. The Kier molecular flexibility index (Phi) is 13.4. The van der Waals surface area contributed by atoms with Crippen LogP contribution in [0.3, 0.4) is 0 Å². The Labute approximate surface area is 74.3 Å². The van der Waals surface area contributed by atoms with Gasteiger partial charge in [-0.05, 0) is 6.42 Å². The lowest BCUT2D eigenvalue weighted by atomic mass is 10.2. The van der Waals surface area contributed by atoms with Crippen molar-refractivity contribution in [2.45, 2.75) is 19.8 Å². The van der Waals surface area contributed by atoms with E-state index in [2.05, 4.69) is 4.18 Å². The van der Waals surface area contributed by atoms with Gasteiger partial charge in [-0.15, -0.1) is 0 Å². The summed E-state index contributed by atoms with van der Waals surface area (Å²) in [6.07, 6.45) is 1.67. The molecule has 5 nitrogen and oxygen atoms in total. The van der Waals surface area contributed by atoms with Crippen molar-refractivity contribution in [2.75, 3.05) is 12.3 Å². The van der Waals surface area contributed by atoms with Crippen LogP contribution >= 0.6 is 0 Å². The highest BCUT2D eigenvalue weighted by Crippen LogP contribution is 1.94. The van der Waals surface area contributed by atoms with Crippen LogP contribution in [0.5, 0.6) is 0 Å². The minimum absolute atomic E-state index is 0. The maximum absolute atomic E-state index is 10.5. The van der Waals surface area contributed by atoms with Gasteiger partial charge >= 0.3 is 0 Å². The van der Waals surface area contributed by atoms with Crippen LogP contribution in [0, 0.1) is 0 Å². The molecule has 0 saturated heterocycles. The molecular weight excluding hydrogens is 183 g/mol.